The molecular weight excluding hydrogens is 175 g/mol. The molecule has 0 saturated heterocycles. The van der Waals surface area contributed by atoms with Gasteiger partial charge in [-0.05, 0) is 0 Å². The third-order valence-electron chi connectivity index (χ3n) is 0.186. The fraction of sp³-hybridized carbons (Fsp3) is 1.00. The molecule has 2 radical (unpaired) electrons. The van der Waals surface area contributed by atoms with Gasteiger partial charge in [0.15, 0.2) is 0 Å². The Morgan fingerprint density at radius 2 is 2.40 bits per heavy atom. The normalized spacial score (nSPS) is 8.40. The van der Waals surface area contributed by atoms with Crippen LogP contribution in [0.4, 0.5) is 0 Å². The van der Waals surface area contributed by atoms with Gasteiger partial charge in [-0.3, -0.25) is 0 Å². The van der Waals surface area contributed by atoms with Gasteiger partial charge in [0.05, 0.1) is 0 Å². The molecule has 3 heteroatoms. The predicted molar refractivity (Wildman–Crippen MR) is 20.1 cm³/mol. The van der Waals surface area contributed by atoms with Crippen LogP contribution in [0.25, 0.3) is 0 Å². The van der Waals surface area contributed by atoms with Crippen molar-refractivity contribution in [3.63, 3.8) is 0 Å². The van der Waals surface area contributed by atoms with Gasteiger partial charge < -0.3 is 0 Å². The van der Waals surface area contributed by atoms with E-state index in [9.17, 15) is 0 Å². The summed E-state index contributed by atoms with van der Waals surface area (Å²) in [6, 6.07) is 0. The first-order valence-corrected chi connectivity index (χ1v) is 2.57. The molecule has 0 rings (SSSR count). The van der Waals surface area contributed by atoms with E-state index in [0.717, 1.165) is 22.9 Å². The number of ether oxygens (including phenoxy) is 1. The van der Waals surface area contributed by atoms with Crippen LogP contribution in [0.5, 0.6) is 0 Å². The molecule has 0 N–H and O–H groups in total. The van der Waals surface area contributed by atoms with Crippen molar-refractivity contribution in [3.05, 3.63) is 0 Å². The van der Waals surface area contributed by atoms with E-state index in [1.54, 1.807) is 7.11 Å². The van der Waals surface area contributed by atoms with E-state index >= 15 is 0 Å². The molecule has 0 aromatic heterocycles. The first kappa shape index (κ1) is 5.72. The van der Waals surface area contributed by atoms with Crippen molar-refractivity contribution in [2.24, 2.45) is 0 Å². The zero-order chi connectivity index (χ0) is 4.12. The van der Waals surface area contributed by atoms with Crippen LogP contribution in [0.15, 0.2) is 0 Å². The van der Waals surface area contributed by atoms with Gasteiger partial charge >= 0.3 is 44.7 Å². The Morgan fingerprint density at radius 3 is 2.40 bits per heavy atom. The van der Waals surface area contributed by atoms with Crippen LogP contribution in [0, 0.1) is 0 Å². The number of methoxy groups -OCH3 is 1. The van der Waals surface area contributed by atoms with E-state index in [2.05, 4.69) is 7.81 Å². The molecule has 0 saturated carbocycles. The Balaban J connectivity index is 2.19. The van der Waals surface area contributed by atoms with Gasteiger partial charge in [0, 0.05) is 0 Å². The Kier molecular flexibility index (Phi) is 5.40. The monoisotopic (exact) mass is 182 g/mol. The van der Waals surface area contributed by atoms with Crippen LogP contribution in [0.1, 0.15) is 0 Å². The minimum atomic E-state index is 0.447. The molecule has 0 spiro atoms. The molecular formula is C2H6O2Sn. The van der Waals surface area contributed by atoms with Gasteiger partial charge in [0.25, 0.3) is 0 Å². The van der Waals surface area contributed by atoms with Crippen LogP contribution < -0.4 is 0 Å². The summed E-state index contributed by atoms with van der Waals surface area (Å²) in [5.41, 5.74) is 0. The van der Waals surface area contributed by atoms with Crippen LogP contribution in [-0.2, 0) is 7.81 Å². The maximum absolute atomic E-state index is 4.60. The van der Waals surface area contributed by atoms with E-state index in [1.807, 2.05) is 0 Å². The van der Waals surface area contributed by atoms with Crippen LogP contribution >= 0.6 is 0 Å². The van der Waals surface area contributed by atoms with Crippen molar-refractivity contribution in [3.8, 4) is 0 Å². The van der Waals surface area contributed by atoms with Gasteiger partial charge in [-0.2, -0.15) is 0 Å². The Bertz CT molecular complexity index is 15.1. The van der Waals surface area contributed by atoms with Gasteiger partial charge in [-0.25, -0.2) is 0 Å². The topological polar surface area (TPSA) is 18.5 Å². The van der Waals surface area contributed by atoms with Gasteiger partial charge in [0.2, 0.25) is 0 Å². The fourth-order valence-corrected chi connectivity index (χ4v) is 0.456. The summed E-state index contributed by atoms with van der Waals surface area (Å²) in [4.78, 5) is 0. The summed E-state index contributed by atoms with van der Waals surface area (Å²) in [5.74, 6) is 0. The molecule has 0 aliphatic heterocycles. The van der Waals surface area contributed by atoms with Gasteiger partial charge in [0.1, 0.15) is 0 Å². The number of hydrogen-bond acceptors (Lipinski definition) is 2. The Labute approximate surface area is 45.1 Å². The molecule has 0 aliphatic carbocycles. The standard InChI is InChI=1S/C2H5O2.Sn.H/c1-4-2-3;;/h2H2,1H3;;/q-1;+1;. The predicted octanol–water partition coefficient (Wildman–Crippen LogP) is -0.577. The average Bonchev–Trinajstić information content (AvgIpc) is 1.41. The van der Waals surface area contributed by atoms with E-state index in [0.29, 0.717) is 6.79 Å². The Morgan fingerprint density at radius 1 is 1.80 bits per heavy atom. The van der Waals surface area contributed by atoms with E-state index in [1.165, 1.54) is 0 Å². The number of rotatable bonds is 2. The molecule has 0 heterocycles. The van der Waals surface area contributed by atoms with Crippen molar-refractivity contribution in [2.75, 3.05) is 13.9 Å². The number of hydrogen-bond donors (Lipinski definition) is 0. The molecule has 0 aromatic rings. The first-order chi connectivity index (χ1) is 2.41. The molecule has 0 bridgehead atoms. The van der Waals surface area contributed by atoms with Crippen molar-refractivity contribution < 1.29 is 7.81 Å². The molecule has 0 aromatic carbocycles. The average molecular weight is 181 g/mol. The summed E-state index contributed by atoms with van der Waals surface area (Å²) < 4.78 is 9.10. The third kappa shape index (κ3) is 4.72. The quantitative estimate of drug-likeness (QED) is 0.419. The maximum atomic E-state index is 4.60. The Hall–Kier alpha value is 0.719. The van der Waals surface area contributed by atoms with Crippen LogP contribution in [0.3, 0.4) is 0 Å². The van der Waals surface area contributed by atoms with Crippen LogP contribution in [0.2, 0.25) is 0 Å². The SMILES string of the molecule is COC[O][SnH]. The van der Waals surface area contributed by atoms with E-state index in [-0.39, 0.29) is 0 Å². The second-order valence-electron chi connectivity index (χ2n) is 0.573. The second kappa shape index (κ2) is 4.72. The molecule has 0 atom stereocenters. The zero-order valence-electron chi connectivity index (χ0n) is 3.10. The molecule has 0 unspecified atom stereocenters. The van der Waals surface area contributed by atoms with Gasteiger partial charge in [-0.1, -0.05) is 0 Å². The summed E-state index contributed by atoms with van der Waals surface area (Å²) in [5, 5.41) is 0. The summed E-state index contributed by atoms with van der Waals surface area (Å²) >= 11 is 0.826. The van der Waals surface area contributed by atoms with Crippen LogP contribution in [-0.4, -0.2) is 36.8 Å². The molecule has 30 valence electrons. The molecule has 2 nitrogen and oxygen atoms in total. The van der Waals surface area contributed by atoms with Crippen molar-refractivity contribution >= 4 is 22.9 Å². The molecule has 0 aliphatic rings. The van der Waals surface area contributed by atoms with Crippen molar-refractivity contribution in [1.29, 1.82) is 0 Å². The van der Waals surface area contributed by atoms with Crippen molar-refractivity contribution in [2.45, 2.75) is 0 Å². The van der Waals surface area contributed by atoms with E-state index in [4.69, 9.17) is 0 Å². The minimum absolute atomic E-state index is 0.447. The fourth-order valence-electron chi connectivity index (χ4n) is 0.0680. The first-order valence-electron chi connectivity index (χ1n) is 1.22. The summed E-state index contributed by atoms with van der Waals surface area (Å²) in [6.45, 7) is 0.447. The van der Waals surface area contributed by atoms with Gasteiger partial charge in [-0.15, -0.1) is 0 Å². The summed E-state index contributed by atoms with van der Waals surface area (Å²) in [7, 11) is 1.61. The van der Waals surface area contributed by atoms with E-state index < -0.39 is 0 Å². The zero-order valence-corrected chi connectivity index (χ0v) is 6.40. The van der Waals surface area contributed by atoms with Crippen molar-refractivity contribution in [1.82, 2.24) is 0 Å². The third-order valence-corrected chi connectivity index (χ3v) is 0.574. The molecule has 0 amide bonds. The molecule has 0 fully saturated rings. The summed E-state index contributed by atoms with van der Waals surface area (Å²) in [6.07, 6.45) is 0. The molecule has 5 heavy (non-hydrogen) atoms. The second-order valence-corrected chi connectivity index (χ2v) is 1.52.